The second-order valence-corrected chi connectivity index (χ2v) is 5.34. The zero-order valence-electron chi connectivity index (χ0n) is 12.9. The molecule has 0 aliphatic rings. The van der Waals surface area contributed by atoms with Crippen molar-refractivity contribution in [2.24, 2.45) is 0 Å². The van der Waals surface area contributed by atoms with Gasteiger partial charge in [-0.15, -0.1) is 0 Å². The Morgan fingerprint density at radius 3 is 2.38 bits per heavy atom. The molecule has 0 N–H and O–H groups in total. The first-order valence-corrected chi connectivity index (χ1v) is 6.96. The highest BCUT2D eigenvalue weighted by atomic mass is 16.5. The molecular weight excluding hydrogens is 264 g/mol. The van der Waals surface area contributed by atoms with Crippen LogP contribution in [0, 0.1) is 13.8 Å². The number of carbonyl (C=O) groups is 1. The predicted octanol–water partition coefficient (Wildman–Crippen LogP) is 3.43. The summed E-state index contributed by atoms with van der Waals surface area (Å²) in [5.41, 5.74) is 5.49. The molecule has 0 saturated carbocycles. The fourth-order valence-corrected chi connectivity index (χ4v) is 2.47. The summed E-state index contributed by atoms with van der Waals surface area (Å²) >= 11 is 0. The number of rotatable bonds is 4. The van der Waals surface area contributed by atoms with E-state index < -0.39 is 0 Å². The van der Waals surface area contributed by atoms with E-state index in [1.165, 1.54) is 7.11 Å². The van der Waals surface area contributed by atoms with Crippen LogP contribution in [0.1, 0.15) is 36.0 Å². The van der Waals surface area contributed by atoms with Gasteiger partial charge in [-0.1, -0.05) is 6.92 Å². The maximum absolute atomic E-state index is 11.4. The lowest BCUT2D eigenvalue weighted by Gasteiger charge is -2.13. The molecule has 0 saturated heterocycles. The Balaban J connectivity index is 2.36. The summed E-state index contributed by atoms with van der Waals surface area (Å²) in [5.74, 6) is -0.128. The molecule has 1 atom stereocenters. The highest BCUT2D eigenvalue weighted by Gasteiger charge is 2.14. The summed E-state index contributed by atoms with van der Waals surface area (Å²) < 4.78 is 4.73. The van der Waals surface area contributed by atoms with Crippen molar-refractivity contribution in [2.45, 2.75) is 33.1 Å². The molecule has 0 amide bonds. The molecule has 2 rings (SSSR count). The molecule has 2 aromatic rings. The van der Waals surface area contributed by atoms with Crippen molar-refractivity contribution in [3.8, 4) is 11.1 Å². The van der Waals surface area contributed by atoms with Crippen LogP contribution >= 0.6 is 0 Å². The van der Waals surface area contributed by atoms with E-state index in [1.807, 2.05) is 45.6 Å². The van der Waals surface area contributed by atoms with Gasteiger partial charge in [-0.05, 0) is 48.1 Å². The lowest BCUT2D eigenvalue weighted by atomic mass is 9.94. The number of hydrogen-bond donors (Lipinski definition) is 0. The Kier molecular flexibility index (Phi) is 4.68. The molecule has 21 heavy (non-hydrogen) atoms. The Bertz CT molecular complexity index is 633. The summed E-state index contributed by atoms with van der Waals surface area (Å²) in [7, 11) is 1.41. The summed E-state index contributed by atoms with van der Waals surface area (Å²) in [5, 5.41) is 0. The Hall–Kier alpha value is -2.23. The summed E-state index contributed by atoms with van der Waals surface area (Å²) in [6, 6.07) is 2.09. The van der Waals surface area contributed by atoms with Crippen molar-refractivity contribution in [3.63, 3.8) is 0 Å². The van der Waals surface area contributed by atoms with Crippen LogP contribution < -0.4 is 0 Å². The third-order valence-corrected chi connectivity index (χ3v) is 3.64. The van der Waals surface area contributed by atoms with Gasteiger partial charge >= 0.3 is 5.97 Å². The number of ether oxygens (including phenoxy) is 1. The highest BCUT2D eigenvalue weighted by molar-refractivity contribution is 5.72. The smallest absolute Gasteiger partial charge is 0.306 e. The van der Waals surface area contributed by atoms with Crippen molar-refractivity contribution in [2.75, 3.05) is 7.11 Å². The average Bonchev–Trinajstić information content (AvgIpc) is 2.47. The van der Waals surface area contributed by atoms with Gasteiger partial charge < -0.3 is 4.74 Å². The molecule has 2 heterocycles. The number of hydrogen-bond acceptors (Lipinski definition) is 4. The van der Waals surface area contributed by atoms with Gasteiger partial charge in [-0.2, -0.15) is 0 Å². The standard InChI is InChI=1S/C17H20N2O2/c1-11(5-16(20)21-4)14-6-15(10-19-9-14)17-12(2)7-18-8-13(17)3/h6-11H,5H2,1-4H3/t11-/m0/s1. The van der Waals surface area contributed by atoms with E-state index in [0.717, 1.165) is 27.8 Å². The molecule has 0 fully saturated rings. The van der Waals surface area contributed by atoms with E-state index in [0.29, 0.717) is 6.42 Å². The quantitative estimate of drug-likeness (QED) is 0.807. The van der Waals surface area contributed by atoms with Gasteiger partial charge in [-0.25, -0.2) is 0 Å². The van der Waals surface area contributed by atoms with Gasteiger partial charge in [-0.3, -0.25) is 14.8 Å². The molecule has 0 spiro atoms. The average molecular weight is 284 g/mol. The summed E-state index contributed by atoms with van der Waals surface area (Å²) in [6.45, 7) is 6.09. The zero-order chi connectivity index (χ0) is 15.4. The third-order valence-electron chi connectivity index (χ3n) is 3.64. The zero-order valence-corrected chi connectivity index (χ0v) is 12.9. The van der Waals surface area contributed by atoms with Crippen molar-refractivity contribution in [1.82, 2.24) is 9.97 Å². The van der Waals surface area contributed by atoms with Gasteiger partial charge in [0.1, 0.15) is 0 Å². The minimum absolute atomic E-state index is 0.0762. The Morgan fingerprint density at radius 2 is 1.76 bits per heavy atom. The summed E-state index contributed by atoms with van der Waals surface area (Å²) in [4.78, 5) is 19.9. The van der Waals surface area contributed by atoms with E-state index >= 15 is 0 Å². The SMILES string of the molecule is COC(=O)C[C@H](C)c1cncc(-c2c(C)cncc2C)c1. The first-order valence-electron chi connectivity index (χ1n) is 6.96. The van der Waals surface area contributed by atoms with Crippen molar-refractivity contribution < 1.29 is 9.53 Å². The van der Waals surface area contributed by atoms with Crippen molar-refractivity contribution in [1.29, 1.82) is 0 Å². The molecule has 0 unspecified atom stereocenters. The van der Waals surface area contributed by atoms with Crippen molar-refractivity contribution >= 4 is 5.97 Å². The topological polar surface area (TPSA) is 52.1 Å². The maximum atomic E-state index is 11.4. The molecule has 0 radical (unpaired) electrons. The lowest BCUT2D eigenvalue weighted by Crippen LogP contribution is -2.06. The van der Waals surface area contributed by atoms with E-state index in [9.17, 15) is 4.79 Å². The van der Waals surface area contributed by atoms with Gasteiger partial charge in [0.25, 0.3) is 0 Å². The molecule has 4 heteroatoms. The van der Waals surface area contributed by atoms with E-state index in [1.54, 1.807) is 0 Å². The van der Waals surface area contributed by atoms with Crippen LogP contribution in [0.4, 0.5) is 0 Å². The summed E-state index contributed by atoms with van der Waals surface area (Å²) in [6.07, 6.45) is 7.72. The second kappa shape index (κ2) is 6.48. The minimum Gasteiger partial charge on any atom is -0.469 e. The second-order valence-electron chi connectivity index (χ2n) is 5.34. The van der Waals surface area contributed by atoms with Crippen LogP contribution in [-0.2, 0) is 9.53 Å². The van der Waals surface area contributed by atoms with Crippen LogP contribution in [-0.4, -0.2) is 23.0 Å². The number of carbonyl (C=O) groups excluding carboxylic acids is 1. The fraction of sp³-hybridized carbons (Fsp3) is 0.353. The molecule has 0 aromatic carbocycles. The van der Waals surface area contributed by atoms with Crippen LogP contribution in [0.25, 0.3) is 11.1 Å². The first-order chi connectivity index (χ1) is 10.0. The fourth-order valence-electron chi connectivity index (χ4n) is 2.47. The normalized spacial score (nSPS) is 12.0. The van der Waals surface area contributed by atoms with Gasteiger partial charge in [0.2, 0.25) is 0 Å². The van der Waals surface area contributed by atoms with E-state index in [2.05, 4.69) is 16.0 Å². The number of esters is 1. The number of aromatic nitrogens is 2. The first kappa shape index (κ1) is 15.2. The molecule has 2 aromatic heterocycles. The largest absolute Gasteiger partial charge is 0.469 e. The molecule has 110 valence electrons. The number of methoxy groups -OCH3 is 1. The monoisotopic (exact) mass is 284 g/mol. The van der Waals surface area contributed by atoms with Gasteiger partial charge in [0.15, 0.2) is 0 Å². The van der Waals surface area contributed by atoms with Crippen molar-refractivity contribution in [3.05, 3.63) is 47.5 Å². The van der Waals surface area contributed by atoms with E-state index in [4.69, 9.17) is 4.74 Å². The predicted molar refractivity (Wildman–Crippen MR) is 82.0 cm³/mol. The Morgan fingerprint density at radius 1 is 1.14 bits per heavy atom. The van der Waals surface area contributed by atoms with Crippen LogP contribution in [0.5, 0.6) is 0 Å². The van der Waals surface area contributed by atoms with Crippen LogP contribution in [0.3, 0.4) is 0 Å². The molecule has 4 nitrogen and oxygen atoms in total. The van der Waals surface area contributed by atoms with Gasteiger partial charge in [0.05, 0.1) is 13.5 Å². The molecule has 0 bridgehead atoms. The van der Waals surface area contributed by atoms with Crippen LogP contribution in [0.2, 0.25) is 0 Å². The highest BCUT2D eigenvalue weighted by Crippen LogP contribution is 2.29. The number of aryl methyl sites for hydroxylation is 2. The Labute approximate surface area is 125 Å². The van der Waals surface area contributed by atoms with E-state index in [-0.39, 0.29) is 11.9 Å². The lowest BCUT2D eigenvalue weighted by molar-refractivity contribution is -0.140. The molecule has 0 aliphatic heterocycles. The number of nitrogens with zero attached hydrogens (tertiary/aromatic N) is 2. The number of pyridine rings is 2. The molecular formula is C17H20N2O2. The third kappa shape index (κ3) is 3.45. The van der Waals surface area contributed by atoms with Gasteiger partial charge in [0, 0.05) is 30.4 Å². The van der Waals surface area contributed by atoms with Crippen LogP contribution in [0.15, 0.2) is 30.9 Å². The molecule has 0 aliphatic carbocycles. The minimum atomic E-state index is -0.204. The maximum Gasteiger partial charge on any atom is 0.306 e.